The third-order valence-electron chi connectivity index (χ3n) is 7.34. The molecule has 2 atom stereocenters. The number of rotatable bonds is 13. The van der Waals surface area contributed by atoms with E-state index in [-0.39, 0.29) is 11.7 Å². The van der Waals surface area contributed by atoms with Crippen LogP contribution in [0.25, 0.3) is 0 Å². The van der Waals surface area contributed by atoms with E-state index in [2.05, 4.69) is 27.7 Å². The first kappa shape index (κ1) is 30.4. The van der Waals surface area contributed by atoms with Gasteiger partial charge in [0.25, 0.3) is 5.91 Å². The van der Waals surface area contributed by atoms with Gasteiger partial charge in [-0.05, 0) is 67.3 Å². The lowest BCUT2D eigenvalue weighted by Crippen LogP contribution is -2.39. The Kier molecular flexibility index (Phi) is 11.1. The van der Waals surface area contributed by atoms with Gasteiger partial charge in [0.2, 0.25) is 6.10 Å². The van der Waals surface area contributed by atoms with Crippen LogP contribution >= 0.6 is 0 Å². The molecular weight excluding hydrogens is 490 g/mol. The average Bonchev–Trinajstić information content (AvgIpc) is 3.47. The summed E-state index contributed by atoms with van der Waals surface area (Å²) in [6, 6.07) is 11.6. The van der Waals surface area contributed by atoms with Gasteiger partial charge in [-0.1, -0.05) is 71.7 Å². The summed E-state index contributed by atoms with van der Waals surface area (Å²) in [6.45, 7) is 13.3. The molecule has 39 heavy (non-hydrogen) atoms. The van der Waals surface area contributed by atoms with Crippen LogP contribution in [0.1, 0.15) is 118 Å². The van der Waals surface area contributed by atoms with Crippen molar-refractivity contribution in [3.8, 4) is 5.75 Å². The maximum Gasteiger partial charge on any atom is 0.352 e. The molecule has 1 unspecified atom stereocenters. The van der Waals surface area contributed by atoms with Crippen LogP contribution in [-0.2, 0) is 27.2 Å². The van der Waals surface area contributed by atoms with Crippen molar-refractivity contribution in [2.75, 3.05) is 13.1 Å². The number of hydrogen-bond donors (Lipinski definition) is 0. The van der Waals surface area contributed by atoms with Crippen molar-refractivity contribution >= 4 is 17.7 Å². The molecule has 1 aliphatic rings. The van der Waals surface area contributed by atoms with Gasteiger partial charge in [0, 0.05) is 30.6 Å². The van der Waals surface area contributed by atoms with Crippen LogP contribution < -0.4 is 4.74 Å². The largest absolute Gasteiger partial charge is 0.473 e. The maximum absolute atomic E-state index is 13.7. The molecule has 3 rings (SSSR count). The van der Waals surface area contributed by atoms with Crippen molar-refractivity contribution in [3.63, 3.8) is 0 Å². The van der Waals surface area contributed by atoms with Crippen molar-refractivity contribution in [3.05, 3.63) is 64.2 Å². The first-order valence-corrected chi connectivity index (χ1v) is 14.6. The van der Waals surface area contributed by atoms with E-state index >= 15 is 0 Å². The van der Waals surface area contributed by atoms with Crippen LogP contribution in [0, 0.1) is 0 Å². The smallest absolute Gasteiger partial charge is 0.352 e. The van der Waals surface area contributed by atoms with Gasteiger partial charge in [-0.25, -0.2) is 4.79 Å². The van der Waals surface area contributed by atoms with E-state index in [1.807, 2.05) is 43.3 Å². The second-order valence-corrected chi connectivity index (χ2v) is 10.8. The molecule has 2 aromatic rings. The van der Waals surface area contributed by atoms with Gasteiger partial charge in [0.15, 0.2) is 11.9 Å². The fourth-order valence-electron chi connectivity index (χ4n) is 5.09. The van der Waals surface area contributed by atoms with E-state index in [1.165, 1.54) is 0 Å². The van der Waals surface area contributed by atoms with Crippen LogP contribution in [-0.4, -0.2) is 41.8 Å². The Labute approximate surface area is 234 Å². The van der Waals surface area contributed by atoms with Crippen molar-refractivity contribution in [2.45, 2.75) is 105 Å². The molecule has 0 N–H and O–H groups in total. The summed E-state index contributed by atoms with van der Waals surface area (Å²) in [7, 11) is 0. The van der Waals surface area contributed by atoms with E-state index in [4.69, 9.17) is 9.47 Å². The minimum atomic E-state index is -1.04. The van der Waals surface area contributed by atoms with Gasteiger partial charge in [0.1, 0.15) is 5.75 Å². The van der Waals surface area contributed by atoms with Crippen molar-refractivity contribution < 1.29 is 23.9 Å². The molecule has 0 aliphatic carbocycles. The Bertz CT molecular complexity index is 1100. The SMILES string of the molecule is CCCc1cc(C(=O)CC)cc(CCC)c1OC(C(=O)O[C@H](C)C(=O)N1CCCC1)c1ccc(C(C)C)cc1. The standard InChI is InChI=1S/C33H45NO5/c1-7-12-26-20-28(29(35)9-3)21-27(13-8-2)30(26)39-31(25-16-14-24(15-17-25)22(4)5)33(37)38-23(6)32(36)34-18-10-11-19-34/h14-17,20-23,31H,7-13,18-19H2,1-6H3/t23-,31?/m1/s1. The Morgan fingerprint density at radius 2 is 1.38 bits per heavy atom. The normalized spacial score (nSPS) is 14.8. The summed E-state index contributed by atoms with van der Waals surface area (Å²) in [5.41, 5.74) is 4.34. The Balaban J connectivity index is 2.02. The van der Waals surface area contributed by atoms with Crippen LogP contribution in [0.15, 0.2) is 36.4 Å². The minimum Gasteiger partial charge on any atom is -0.473 e. The summed E-state index contributed by atoms with van der Waals surface area (Å²) in [5.74, 6) is 0.311. The molecule has 6 nitrogen and oxygen atoms in total. The number of ketones is 1. The molecule has 0 radical (unpaired) electrons. The third kappa shape index (κ3) is 7.71. The van der Waals surface area contributed by atoms with Gasteiger partial charge in [0.05, 0.1) is 0 Å². The number of aryl methyl sites for hydroxylation is 2. The quantitative estimate of drug-likeness (QED) is 0.204. The van der Waals surface area contributed by atoms with E-state index in [9.17, 15) is 14.4 Å². The Morgan fingerprint density at radius 1 is 0.846 bits per heavy atom. The number of carbonyl (C=O) groups is 3. The Hall–Kier alpha value is -3.15. The molecule has 0 bridgehead atoms. The van der Waals surface area contributed by atoms with Crippen LogP contribution in [0.3, 0.4) is 0 Å². The van der Waals surface area contributed by atoms with Crippen molar-refractivity contribution in [1.82, 2.24) is 4.90 Å². The molecule has 6 heteroatoms. The fraction of sp³-hybridized carbons (Fsp3) is 0.545. The Morgan fingerprint density at radius 3 is 1.87 bits per heavy atom. The molecular formula is C33H45NO5. The molecule has 1 heterocycles. The summed E-state index contributed by atoms with van der Waals surface area (Å²) >= 11 is 0. The number of ether oxygens (including phenoxy) is 2. The summed E-state index contributed by atoms with van der Waals surface area (Å²) < 4.78 is 12.4. The van der Waals surface area contributed by atoms with Gasteiger partial charge < -0.3 is 14.4 Å². The number of carbonyl (C=O) groups excluding carboxylic acids is 3. The molecule has 1 fully saturated rings. The lowest BCUT2D eigenvalue weighted by Gasteiger charge is -2.26. The van der Waals surface area contributed by atoms with Gasteiger partial charge >= 0.3 is 5.97 Å². The van der Waals surface area contributed by atoms with E-state index in [0.29, 0.717) is 42.3 Å². The van der Waals surface area contributed by atoms with Gasteiger partial charge in [-0.2, -0.15) is 0 Å². The highest BCUT2D eigenvalue weighted by atomic mass is 16.6. The summed E-state index contributed by atoms with van der Waals surface area (Å²) in [5, 5.41) is 0. The second-order valence-electron chi connectivity index (χ2n) is 10.8. The van der Waals surface area contributed by atoms with Crippen molar-refractivity contribution in [1.29, 1.82) is 0 Å². The van der Waals surface area contributed by atoms with Crippen LogP contribution in [0.5, 0.6) is 5.75 Å². The molecule has 212 valence electrons. The minimum absolute atomic E-state index is 0.0886. The average molecular weight is 536 g/mol. The van der Waals surface area contributed by atoms with Gasteiger partial charge in [-0.3, -0.25) is 9.59 Å². The first-order valence-electron chi connectivity index (χ1n) is 14.6. The highest BCUT2D eigenvalue weighted by Gasteiger charge is 2.32. The number of hydrogen-bond acceptors (Lipinski definition) is 5. The zero-order valence-corrected chi connectivity index (χ0v) is 24.5. The molecule has 2 aromatic carbocycles. The number of esters is 1. The number of likely N-dealkylation sites (tertiary alicyclic amines) is 1. The summed E-state index contributed by atoms with van der Waals surface area (Å²) in [4.78, 5) is 41.0. The number of benzene rings is 2. The van der Waals surface area contributed by atoms with Gasteiger partial charge in [-0.15, -0.1) is 0 Å². The number of nitrogens with zero attached hydrogens (tertiary/aromatic N) is 1. The highest BCUT2D eigenvalue weighted by Crippen LogP contribution is 2.34. The molecule has 0 aromatic heterocycles. The van der Waals surface area contributed by atoms with Crippen molar-refractivity contribution in [2.24, 2.45) is 0 Å². The number of Topliss-reactive ketones (excluding diaryl/α,β-unsaturated/α-hetero) is 1. The molecule has 0 saturated carbocycles. The molecule has 1 aliphatic heterocycles. The maximum atomic E-state index is 13.7. The predicted molar refractivity (Wildman–Crippen MR) is 154 cm³/mol. The van der Waals surface area contributed by atoms with E-state index in [1.54, 1.807) is 11.8 Å². The lowest BCUT2D eigenvalue weighted by molar-refractivity contribution is -0.164. The molecule has 0 spiro atoms. The predicted octanol–water partition coefficient (Wildman–Crippen LogP) is 6.98. The first-order chi connectivity index (χ1) is 18.7. The summed E-state index contributed by atoms with van der Waals surface area (Å²) in [6.07, 6.45) is 3.59. The zero-order chi connectivity index (χ0) is 28.5. The molecule has 1 saturated heterocycles. The monoisotopic (exact) mass is 535 g/mol. The fourth-order valence-corrected chi connectivity index (χ4v) is 5.09. The molecule has 1 amide bonds. The third-order valence-corrected chi connectivity index (χ3v) is 7.34. The van der Waals surface area contributed by atoms with Crippen LogP contribution in [0.4, 0.5) is 0 Å². The highest BCUT2D eigenvalue weighted by molar-refractivity contribution is 5.96. The lowest BCUT2D eigenvalue weighted by atomic mass is 9.95. The topological polar surface area (TPSA) is 72.9 Å². The van der Waals surface area contributed by atoms with Crippen LogP contribution in [0.2, 0.25) is 0 Å². The zero-order valence-electron chi connectivity index (χ0n) is 24.5. The van der Waals surface area contributed by atoms with E-state index in [0.717, 1.165) is 55.2 Å². The van der Waals surface area contributed by atoms with E-state index < -0.39 is 18.2 Å². The second kappa shape index (κ2) is 14.3. The number of amides is 1.